The zero-order chi connectivity index (χ0) is 13.7. The largest absolute Gasteiger partial charge is 0.493 e. The highest BCUT2D eigenvalue weighted by molar-refractivity contribution is 6.35. The molecule has 19 heavy (non-hydrogen) atoms. The van der Waals surface area contributed by atoms with Gasteiger partial charge in [-0.25, -0.2) is 4.98 Å². The molecule has 1 aromatic carbocycles. The van der Waals surface area contributed by atoms with Gasteiger partial charge in [-0.05, 0) is 36.2 Å². The Hall–Kier alpha value is -1.45. The number of aromatic nitrogens is 1. The van der Waals surface area contributed by atoms with Crippen LogP contribution in [-0.4, -0.2) is 18.6 Å². The molecule has 0 amide bonds. The minimum absolute atomic E-state index is 0.646. The highest BCUT2D eigenvalue weighted by Crippen LogP contribution is 2.23. The number of nitrogens with zero attached hydrogens (tertiary/aromatic N) is 1. The van der Waals surface area contributed by atoms with Crippen LogP contribution in [0.3, 0.4) is 0 Å². The maximum absolute atomic E-state index is 6.12. The number of benzene rings is 1. The predicted octanol–water partition coefficient (Wildman–Crippen LogP) is 4.05. The van der Waals surface area contributed by atoms with E-state index in [-0.39, 0.29) is 0 Å². The summed E-state index contributed by atoms with van der Waals surface area (Å²) in [5.41, 5.74) is 1.05. The first kappa shape index (κ1) is 14.0. The summed E-state index contributed by atoms with van der Waals surface area (Å²) < 4.78 is 5.22. The molecule has 0 atom stereocenters. The number of anilines is 1. The summed E-state index contributed by atoms with van der Waals surface area (Å²) in [5, 5.41) is 4.56. The number of pyridine rings is 1. The Balaban J connectivity index is 1.96. The molecule has 0 bridgehead atoms. The van der Waals surface area contributed by atoms with Gasteiger partial charge in [-0.15, -0.1) is 0 Å². The molecule has 2 aromatic rings. The second-order valence-electron chi connectivity index (χ2n) is 3.97. The van der Waals surface area contributed by atoms with E-state index in [9.17, 15) is 0 Å². The molecule has 3 nitrogen and oxygen atoms in total. The number of nitrogens with one attached hydrogen (secondary N) is 1. The van der Waals surface area contributed by atoms with E-state index in [2.05, 4.69) is 10.3 Å². The first-order valence-electron chi connectivity index (χ1n) is 5.87. The van der Waals surface area contributed by atoms with E-state index in [1.165, 1.54) is 0 Å². The highest BCUT2D eigenvalue weighted by atomic mass is 35.5. The van der Waals surface area contributed by atoms with E-state index >= 15 is 0 Å². The fourth-order valence-electron chi connectivity index (χ4n) is 1.73. The van der Waals surface area contributed by atoms with Crippen molar-refractivity contribution in [1.29, 1.82) is 0 Å². The van der Waals surface area contributed by atoms with Crippen LogP contribution in [0.1, 0.15) is 5.56 Å². The van der Waals surface area contributed by atoms with Crippen molar-refractivity contribution >= 4 is 29.0 Å². The van der Waals surface area contributed by atoms with Crippen LogP contribution in [0.4, 0.5) is 5.82 Å². The van der Waals surface area contributed by atoms with Crippen LogP contribution in [-0.2, 0) is 6.42 Å². The van der Waals surface area contributed by atoms with Crippen LogP contribution in [0, 0.1) is 0 Å². The van der Waals surface area contributed by atoms with E-state index in [0.717, 1.165) is 23.6 Å². The maximum Gasteiger partial charge on any atom is 0.168 e. The molecule has 1 aromatic heterocycles. The zero-order valence-electron chi connectivity index (χ0n) is 10.5. The molecule has 0 spiro atoms. The lowest BCUT2D eigenvalue weighted by Gasteiger charge is -2.10. The van der Waals surface area contributed by atoms with Gasteiger partial charge in [-0.1, -0.05) is 29.3 Å². The van der Waals surface area contributed by atoms with E-state index in [1.807, 2.05) is 24.3 Å². The van der Waals surface area contributed by atoms with Crippen molar-refractivity contribution in [2.24, 2.45) is 0 Å². The Labute approximate surface area is 122 Å². The van der Waals surface area contributed by atoms with Gasteiger partial charge in [0, 0.05) is 22.8 Å². The molecule has 1 heterocycles. The van der Waals surface area contributed by atoms with Crippen molar-refractivity contribution < 1.29 is 4.74 Å². The van der Waals surface area contributed by atoms with Crippen LogP contribution in [0.5, 0.6) is 5.75 Å². The summed E-state index contributed by atoms with van der Waals surface area (Å²) in [7, 11) is 1.62. The Morgan fingerprint density at radius 2 is 2.11 bits per heavy atom. The summed E-state index contributed by atoms with van der Waals surface area (Å²) in [4.78, 5) is 4.23. The van der Waals surface area contributed by atoms with Crippen molar-refractivity contribution in [3.05, 3.63) is 52.1 Å². The summed E-state index contributed by atoms with van der Waals surface area (Å²) in [6.07, 6.45) is 2.51. The van der Waals surface area contributed by atoms with E-state index in [0.29, 0.717) is 16.6 Å². The second-order valence-corrected chi connectivity index (χ2v) is 4.81. The fourth-order valence-corrected chi connectivity index (χ4v) is 2.23. The summed E-state index contributed by atoms with van der Waals surface area (Å²) >= 11 is 12.0. The summed E-state index contributed by atoms with van der Waals surface area (Å²) in [5.74, 6) is 1.46. The average molecular weight is 297 g/mol. The van der Waals surface area contributed by atoms with Gasteiger partial charge in [0.1, 0.15) is 0 Å². The van der Waals surface area contributed by atoms with Crippen LogP contribution >= 0.6 is 23.2 Å². The zero-order valence-corrected chi connectivity index (χ0v) is 12.0. The fraction of sp³-hybridized carbons (Fsp3) is 0.214. The van der Waals surface area contributed by atoms with E-state index in [1.54, 1.807) is 19.4 Å². The van der Waals surface area contributed by atoms with Crippen LogP contribution in [0.2, 0.25) is 10.0 Å². The smallest absolute Gasteiger partial charge is 0.168 e. The van der Waals surface area contributed by atoms with E-state index in [4.69, 9.17) is 27.9 Å². The number of hydrogen-bond donors (Lipinski definition) is 1. The van der Waals surface area contributed by atoms with Gasteiger partial charge in [0.05, 0.1) is 7.11 Å². The van der Waals surface area contributed by atoms with Gasteiger partial charge in [0.2, 0.25) is 0 Å². The third-order valence-electron chi connectivity index (χ3n) is 2.69. The summed E-state index contributed by atoms with van der Waals surface area (Å²) in [6, 6.07) is 9.22. The van der Waals surface area contributed by atoms with Gasteiger partial charge < -0.3 is 10.1 Å². The molecule has 0 unspecified atom stereocenters. The van der Waals surface area contributed by atoms with Gasteiger partial charge in [0.15, 0.2) is 11.6 Å². The van der Waals surface area contributed by atoms with Crippen LogP contribution in [0.15, 0.2) is 36.5 Å². The molecule has 0 aliphatic carbocycles. The third kappa shape index (κ3) is 3.75. The summed E-state index contributed by atoms with van der Waals surface area (Å²) in [6.45, 7) is 0.717. The molecule has 100 valence electrons. The quantitative estimate of drug-likeness (QED) is 0.904. The van der Waals surface area contributed by atoms with Gasteiger partial charge in [-0.2, -0.15) is 0 Å². The minimum atomic E-state index is 0.646. The number of halogens is 2. The number of ether oxygens (including phenoxy) is 1. The topological polar surface area (TPSA) is 34.1 Å². The Morgan fingerprint density at radius 1 is 1.26 bits per heavy atom. The first-order chi connectivity index (χ1) is 9.20. The molecule has 0 saturated heterocycles. The maximum atomic E-state index is 6.12. The van der Waals surface area contributed by atoms with Gasteiger partial charge >= 0.3 is 0 Å². The van der Waals surface area contributed by atoms with Crippen molar-refractivity contribution in [2.45, 2.75) is 6.42 Å². The molecule has 0 saturated carbocycles. The van der Waals surface area contributed by atoms with Crippen molar-refractivity contribution in [1.82, 2.24) is 4.98 Å². The van der Waals surface area contributed by atoms with Crippen molar-refractivity contribution in [2.75, 3.05) is 19.0 Å². The first-order valence-corrected chi connectivity index (χ1v) is 6.63. The number of rotatable bonds is 5. The molecular formula is C14H14Cl2N2O. The molecule has 0 fully saturated rings. The standard InChI is InChI=1S/C14H14Cl2N2O/c1-19-13-3-2-7-17-14(13)18-8-6-10-4-5-11(15)9-12(10)16/h2-5,7,9H,6,8H2,1H3,(H,17,18). The lowest BCUT2D eigenvalue weighted by Crippen LogP contribution is -2.07. The monoisotopic (exact) mass is 296 g/mol. The number of methoxy groups -OCH3 is 1. The minimum Gasteiger partial charge on any atom is -0.493 e. The Kier molecular flexibility index (Phi) is 4.88. The Morgan fingerprint density at radius 3 is 2.84 bits per heavy atom. The van der Waals surface area contributed by atoms with Crippen LogP contribution < -0.4 is 10.1 Å². The van der Waals surface area contributed by atoms with Crippen molar-refractivity contribution in [3.63, 3.8) is 0 Å². The number of hydrogen-bond acceptors (Lipinski definition) is 3. The SMILES string of the molecule is COc1cccnc1NCCc1ccc(Cl)cc1Cl. The Bertz CT molecular complexity index is 561. The average Bonchev–Trinajstić information content (AvgIpc) is 2.42. The molecule has 5 heteroatoms. The molecule has 0 aliphatic heterocycles. The molecule has 0 aliphatic rings. The lowest BCUT2D eigenvalue weighted by molar-refractivity contribution is 0.415. The van der Waals surface area contributed by atoms with Crippen molar-refractivity contribution in [3.8, 4) is 5.75 Å². The van der Waals surface area contributed by atoms with Gasteiger partial charge in [0.25, 0.3) is 0 Å². The molecule has 1 N–H and O–H groups in total. The van der Waals surface area contributed by atoms with Crippen LogP contribution in [0.25, 0.3) is 0 Å². The highest BCUT2D eigenvalue weighted by Gasteiger charge is 2.04. The second kappa shape index (κ2) is 6.64. The van der Waals surface area contributed by atoms with E-state index < -0.39 is 0 Å². The molecule has 0 radical (unpaired) electrons. The molecule has 2 rings (SSSR count). The normalized spacial score (nSPS) is 10.3. The predicted molar refractivity (Wildman–Crippen MR) is 79.4 cm³/mol. The lowest BCUT2D eigenvalue weighted by atomic mass is 10.1. The molecular weight excluding hydrogens is 283 g/mol. The third-order valence-corrected chi connectivity index (χ3v) is 3.28. The van der Waals surface area contributed by atoms with Gasteiger partial charge in [-0.3, -0.25) is 0 Å².